The van der Waals surface area contributed by atoms with E-state index in [4.69, 9.17) is 11.6 Å². The molecule has 0 aliphatic rings. The molecule has 0 aromatic heterocycles. The smallest absolute Gasteiger partial charge is 0.321 e. The summed E-state index contributed by atoms with van der Waals surface area (Å²) in [7, 11) is 1.41. The maximum absolute atomic E-state index is 13.0. The molecule has 1 aromatic rings. The zero-order valence-electron chi connectivity index (χ0n) is 11.5. The van der Waals surface area contributed by atoms with Crippen LogP contribution in [-0.2, 0) is 10.3 Å². The predicted molar refractivity (Wildman–Crippen MR) is 75.0 cm³/mol. The third-order valence-corrected chi connectivity index (χ3v) is 3.09. The normalized spacial score (nSPS) is 11.1. The molecule has 5 nitrogen and oxygen atoms in total. The van der Waals surface area contributed by atoms with Gasteiger partial charge in [-0.3, -0.25) is 15.4 Å². The average molecular weight is 302 g/mol. The van der Waals surface area contributed by atoms with Gasteiger partial charge in [0.1, 0.15) is 5.82 Å². The SMILES string of the molecule is CNC(=O)NC(=O)CNC(C)(C)c1ccc(F)cc1Cl. The molecule has 20 heavy (non-hydrogen) atoms. The Morgan fingerprint density at radius 1 is 1.35 bits per heavy atom. The Morgan fingerprint density at radius 2 is 2.00 bits per heavy atom. The van der Waals surface area contributed by atoms with Gasteiger partial charge in [0, 0.05) is 17.6 Å². The van der Waals surface area contributed by atoms with Gasteiger partial charge in [-0.1, -0.05) is 17.7 Å². The Labute approximate surface area is 121 Å². The summed E-state index contributed by atoms with van der Waals surface area (Å²) >= 11 is 5.99. The molecule has 0 radical (unpaired) electrons. The summed E-state index contributed by atoms with van der Waals surface area (Å²) in [6, 6.07) is 3.50. The second-order valence-corrected chi connectivity index (χ2v) is 5.14. The topological polar surface area (TPSA) is 70.2 Å². The molecule has 0 aliphatic heterocycles. The zero-order valence-corrected chi connectivity index (χ0v) is 12.3. The molecule has 0 saturated heterocycles. The van der Waals surface area contributed by atoms with Gasteiger partial charge in [0.15, 0.2) is 0 Å². The maximum atomic E-state index is 13.0. The van der Waals surface area contributed by atoms with Gasteiger partial charge in [-0.15, -0.1) is 0 Å². The number of carbonyl (C=O) groups excluding carboxylic acids is 2. The lowest BCUT2D eigenvalue weighted by atomic mass is 9.94. The summed E-state index contributed by atoms with van der Waals surface area (Å²) in [6.07, 6.45) is 0. The summed E-state index contributed by atoms with van der Waals surface area (Å²) in [4.78, 5) is 22.5. The van der Waals surface area contributed by atoms with Crippen molar-refractivity contribution in [1.29, 1.82) is 0 Å². The van der Waals surface area contributed by atoms with Crippen LogP contribution in [0.15, 0.2) is 18.2 Å². The minimum Gasteiger partial charge on any atom is -0.341 e. The van der Waals surface area contributed by atoms with Gasteiger partial charge in [0.05, 0.1) is 6.54 Å². The van der Waals surface area contributed by atoms with Gasteiger partial charge in [0.2, 0.25) is 5.91 Å². The molecule has 3 N–H and O–H groups in total. The quantitative estimate of drug-likeness (QED) is 0.793. The van der Waals surface area contributed by atoms with Gasteiger partial charge in [-0.05, 0) is 31.5 Å². The van der Waals surface area contributed by atoms with Crippen molar-refractivity contribution in [2.75, 3.05) is 13.6 Å². The Bertz CT molecular complexity index is 520. The first-order valence-electron chi connectivity index (χ1n) is 5.98. The van der Waals surface area contributed by atoms with E-state index in [0.29, 0.717) is 5.56 Å². The second kappa shape index (κ2) is 6.67. The molecule has 0 fully saturated rings. The van der Waals surface area contributed by atoms with Crippen LogP contribution in [0.3, 0.4) is 0 Å². The van der Waals surface area contributed by atoms with Crippen molar-refractivity contribution in [1.82, 2.24) is 16.0 Å². The molecule has 0 spiro atoms. The molecule has 110 valence electrons. The molecule has 0 aliphatic carbocycles. The highest BCUT2D eigenvalue weighted by atomic mass is 35.5. The summed E-state index contributed by atoms with van der Waals surface area (Å²) in [6.45, 7) is 3.53. The van der Waals surface area contributed by atoms with Crippen LogP contribution in [-0.4, -0.2) is 25.5 Å². The fourth-order valence-electron chi connectivity index (χ4n) is 1.63. The fourth-order valence-corrected chi connectivity index (χ4v) is 2.03. The van der Waals surface area contributed by atoms with E-state index in [2.05, 4.69) is 16.0 Å². The molecule has 0 atom stereocenters. The van der Waals surface area contributed by atoms with E-state index in [1.807, 2.05) is 0 Å². The molecule has 1 aromatic carbocycles. The van der Waals surface area contributed by atoms with E-state index < -0.39 is 23.3 Å². The first kappa shape index (κ1) is 16.4. The lowest BCUT2D eigenvalue weighted by Gasteiger charge is -2.27. The van der Waals surface area contributed by atoms with Gasteiger partial charge in [-0.25, -0.2) is 9.18 Å². The number of rotatable bonds is 4. The largest absolute Gasteiger partial charge is 0.341 e. The van der Waals surface area contributed by atoms with Crippen molar-refractivity contribution in [3.63, 3.8) is 0 Å². The van der Waals surface area contributed by atoms with Crippen molar-refractivity contribution < 1.29 is 14.0 Å². The monoisotopic (exact) mass is 301 g/mol. The third-order valence-electron chi connectivity index (χ3n) is 2.78. The lowest BCUT2D eigenvalue weighted by Crippen LogP contribution is -2.46. The van der Waals surface area contributed by atoms with Gasteiger partial charge in [-0.2, -0.15) is 0 Å². The number of nitrogens with one attached hydrogen (secondary N) is 3. The molecular weight excluding hydrogens is 285 g/mol. The number of hydrogen-bond acceptors (Lipinski definition) is 3. The number of halogens is 2. The molecule has 0 heterocycles. The van der Waals surface area contributed by atoms with Crippen molar-refractivity contribution in [2.24, 2.45) is 0 Å². The standard InChI is InChI=1S/C13H17ClFN3O2/c1-13(2,9-5-4-8(15)6-10(9)14)17-7-11(19)18-12(20)16-3/h4-6,17H,7H2,1-3H3,(H2,16,18,19,20). The highest BCUT2D eigenvalue weighted by Gasteiger charge is 2.24. The Kier molecular flexibility index (Phi) is 5.47. The zero-order chi connectivity index (χ0) is 15.3. The molecule has 7 heteroatoms. The fraction of sp³-hybridized carbons (Fsp3) is 0.385. The van der Waals surface area contributed by atoms with Gasteiger partial charge < -0.3 is 5.32 Å². The molecule has 3 amide bonds. The number of hydrogen-bond donors (Lipinski definition) is 3. The third kappa shape index (κ3) is 4.47. The van der Waals surface area contributed by atoms with Crippen molar-refractivity contribution in [2.45, 2.75) is 19.4 Å². The van der Waals surface area contributed by atoms with Crippen LogP contribution in [0.4, 0.5) is 9.18 Å². The highest BCUT2D eigenvalue weighted by Crippen LogP contribution is 2.28. The van der Waals surface area contributed by atoms with Gasteiger partial charge in [0.25, 0.3) is 0 Å². The summed E-state index contributed by atoms with van der Waals surface area (Å²) in [5, 5.41) is 7.65. The Hall–Kier alpha value is -1.66. The minimum atomic E-state index is -0.648. The van der Waals surface area contributed by atoms with Crippen LogP contribution in [0, 0.1) is 5.82 Å². The molecule has 0 unspecified atom stereocenters. The molecule has 1 rings (SSSR count). The van der Waals surface area contributed by atoms with Gasteiger partial charge >= 0.3 is 6.03 Å². The summed E-state index contributed by atoms with van der Waals surface area (Å²) in [5.74, 6) is -0.900. The van der Waals surface area contributed by atoms with E-state index in [0.717, 1.165) is 0 Å². The van der Waals surface area contributed by atoms with E-state index >= 15 is 0 Å². The maximum Gasteiger partial charge on any atom is 0.321 e. The van der Waals surface area contributed by atoms with Crippen molar-refractivity contribution in [3.8, 4) is 0 Å². The number of imide groups is 1. The minimum absolute atomic E-state index is 0.0753. The van der Waals surface area contributed by atoms with Crippen molar-refractivity contribution >= 4 is 23.5 Å². The predicted octanol–water partition coefficient (Wildman–Crippen LogP) is 1.76. The Morgan fingerprint density at radius 3 is 2.55 bits per heavy atom. The first-order valence-corrected chi connectivity index (χ1v) is 6.36. The van der Waals surface area contributed by atoms with Crippen LogP contribution in [0.25, 0.3) is 0 Å². The van der Waals surface area contributed by atoms with E-state index in [1.165, 1.54) is 19.2 Å². The first-order chi connectivity index (χ1) is 9.26. The van der Waals surface area contributed by atoms with Crippen LogP contribution < -0.4 is 16.0 Å². The summed E-state index contributed by atoms with van der Waals surface area (Å²) in [5.41, 5.74) is 0.0125. The highest BCUT2D eigenvalue weighted by molar-refractivity contribution is 6.31. The molecule has 0 bridgehead atoms. The Balaban J connectivity index is 2.70. The van der Waals surface area contributed by atoms with Crippen LogP contribution in [0.1, 0.15) is 19.4 Å². The van der Waals surface area contributed by atoms with E-state index in [-0.39, 0.29) is 11.6 Å². The van der Waals surface area contributed by atoms with E-state index in [1.54, 1.807) is 19.9 Å². The number of urea groups is 1. The van der Waals surface area contributed by atoms with Crippen LogP contribution in [0.2, 0.25) is 5.02 Å². The number of amides is 3. The van der Waals surface area contributed by atoms with Crippen molar-refractivity contribution in [3.05, 3.63) is 34.6 Å². The molecule has 0 saturated carbocycles. The summed E-state index contributed by atoms with van der Waals surface area (Å²) < 4.78 is 13.0. The van der Waals surface area contributed by atoms with Crippen LogP contribution >= 0.6 is 11.6 Å². The number of benzene rings is 1. The number of carbonyl (C=O) groups is 2. The molecular formula is C13H17ClFN3O2. The van der Waals surface area contributed by atoms with E-state index in [9.17, 15) is 14.0 Å². The lowest BCUT2D eigenvalue weighted by molar-refractivity contribution is -0.119. The van der Waals surface area contributed by atoms with Crippen LogP contribution in [0.5, 0.6) is 0 Å². The average Bonchev–Trinajstić information content (AvgIpc) is 2.36. The second-order valence-electron chi connectivity index (χ2n) is 4.73.